The summed E-state index contributed by atoms with van der Waals surface area (Å²) in [6, 6.07) is 14.2. The van der Waals surface area contributed by atoms with E-state index in [4.69, 9.17) is 9.47 Å². The Kier molecular flexibility index (Phi) is 6.39. The molecule has 2 rings (SSSR count). The molecule has 0 saturated heterocycles. The Hall–Kier alpha value is -3.02. The molecule has 0 radical (unpaired) electrons. The molecule has 6 nitrogen and oxygen atoms in total. The van der Waals surface area contributed by atoms with E-state index in [2.05, 4.69) is 10.9 Å². The van der Waals surface area contributed by atoms with Crippen molar-refractivity contribution in [1.29, 1.82) is 0 Å². The lowest BCUT2D eigenvalue weighted by atomic mass is 9.96. The summed E-state index contributed by atoms with van der Waals surface area (Å²) in [6.45, 7) is 1.92. The van der Waals surface area contributed by atoms with Crippen LogP contribution < -0.4 is 20.3 Å². The molecule has 132 valence electrons. The van der Waals surface area contributed by atoms with Gasteiger partial charge in [0.15, 0.2) is 11.5 Å². The molecule has 25 heavy (non-hydrogen) atoms. The van der Waals surface area contributed by atoms with Crippen molar-refractivity contribution < 1.29 is 19.1 Å². The van der Waals surface area contributed by atoms with E-state index < -0.39 is 5.91 Å². The van der Waals surface area contributed by atoms with Gasteiger partial charge in [0.2, 0.25) is 5.91 Å². The van der Waals surface area contributed by atoms with Crippen LogP contribution >= 0.6 is 0 Å². The Morgan fingerprint density at radius 1 is 0.960 bits per heavy atom. The zero-order valence-electron chi connectivity index (χ0n) is 14.5. The summed E-state index contributed by atoms with van der Waals surface area (Å²) in [6.07, 6.45) is 0.627. The van der Waals surface area contributed by atoms with Crippen LogP contribution in [0.1, 0.15) is 35.2 Å². The van der Waals surface area contributed by atoms with Crippen molar-refractivity contribution in [3.05, 3.63) is 59.7 Å². The highest BCUT2D eigenvalue weighted by atomic mass is 16.5. The molecule has 0 spiro atoms. The number of methoxy groups -OCH3 is 2. The number of nitrogens with one attached hydrogen (secondary N) is 2. The van der Waals surface area contributed by atoms with Gasteiger partial charge >= 0.3 is 0 Å². The molecule has 0 saturated carbocycles. The molecule has 2 amide bonds. The minimum atomic E-state index is -0.433. The van der Waals surface area contributed by atoms with E-state index in [1.165, 1.54) is 14.2 Å². The van der Waals surface area contributed by atoms with Crippen LogP contribution in [0, 0.1) is 0 Å². The fourth-order valence-electron chi connectivity index (χ4n) is 2.51. The predicted octanol–water partition coefficient (Wildman–Crippen LogP) is 2.66. The third-order valence-corrected chi connectivity index (χ3v) is 3.87. The minimum absolute atomic E-state index is 0.262. The van der Waals surface area contributed by atoms with Crippen molar-refractivity contribution in [2.45, 2.75) is 19.3 Å². The van der Waals surface area contributed by atoms with Crippen molar-refractivity contribution in [3.63, 3.8) is 0 Å². The molecular weight excluding hydrogens is 320 g/mol. The number of carbonyl (C=O) groups excluding carboxylic acids is 2. The molecule has 0 aliphatic carbocycles. The highest BCUT2D eigenvalue weighted by Gasteiger charge is 2.19. The number of amides is 2. The molecule has 6 heteroatoms. The van der Waals surface area contributed by atoms with Gasteiger partial charge in [-0.3, -0.25) is 20.4 Å². The van der Waals surface area contributed by atoms with E-state index in [9.17, 15) is 9.59 Å². The van der Waals surface area contributed by atoms with Gasteiger partial charge < -0.3 is 9.47 Å². The van der Waals surface area contributed by atoms with Gasteiger partial charge in [-0.15, -0.1) is 0 Å². The topological polar surface area (TPSA) is 76.7 Å². The predicted molar refractivity (Wildman–Crippen MR) is 94.6 cm³/mol. The summed E-state index contributed by atoms with van der Waals surface area (Å²) in [5.41, 5.74) is 6.18. The number of ether oxygens (including phenoxy) is 2. The Morgan fingerprint density at radius 2 is 1.64 bits per heavy atom. The van der Waals surface area contributed by atoms with Crippen LogP contribution in [0.4, 0.5) is 0 Å². The maximum absolute atomic E-state index is 12.4. The zero-order valence-corrected chi connectivity index (χ0v) is 14.5. The second-order valence-corrected chi connectivity index (χ2v) is 5.38. The van der Waals surface area contributed by atoms with Gasteiger partial charge in [-0.05, 0) is 30.2 Å². The molecule has 0 aliphatic rings. The summed E-state index contributed by atoms with van der Waals surface area (Å²) in [5.74, 6) is -0.0537. The van der Waals surface area contributed by atoms with E-state index in [0.717, 1.165) is 5.56 Å². The SMILES string of the molecule is CCC(C(=O)NNC(=O)c1ccc(OC)c(OC)c1)c1ccccc1. The quantitative estimate of drug-likeness (QED) is 0.791. The summed E-state index contributed by atoms with van der Waals surface area (Å²) in [4.78, 5) is 24.6. The van der Waals surface area contributed by atoms with Gasteiger partial charge in [-0.1, -0.05) is 37.3 Å². The van der Waals surface area contributed by atoms with Crippen molar-refractivity contribution in [1.82, 2.24) is 10.9 Å². The van der Waals surface area contributed by atoms with Crippen LogP contribution in [-0.4, -0.2) is 26.0 Å². The molecule has 0 fully saturated rings. The van der Waals surface area contributed by atoms with E-state index >= 15 is 0 Å². The average molecular weight is 342 g/mol. The lowest BCUT2D eigenvalue weighted by Gasteiger charge is -2.16. The third-order valence-electron chi connectivity index (χ3n) is 3.87. The minimum Gasteiger partial charge on any atom is -0.493 e. The lowest BCUT2D eigenvalue weighted by Crippen LogP contribution is -2.43. The summed E-state index contributed by atoms with van der Waals surface area (Å²) >= 11 is 0. The molecule has 2 N–H and O–H groups in total. The van der Waals surface area contributed by atoms with Gasteiger partial charge in [-0.2, -0.15) is 0 Å². The number of benzene rings is 2. The van der Waals surface area contributed by atoms with E-state index in [-0.39, 0.29) is 11.8 Å². The Morgan fingerprint density at radius 3 is 2.24 bits per heavy atom. The van der Waals surface area contributed by atoms with E-state index in [0.29, 0.717) is 23.5 Å². The Labute approximate surface area is 147 Å². The van der Waals surface area contributed by atoms with Gasteiger partial charge in [0.25, 0.3) is 5.91 Å². The number of hydrogen-bond acceptors (Lipinski definition) is 4. The first-order valence-electron chi connectivity index (χ1n) is 7.97. The van der Waals surface area contributed by atoms with Gasteiger partial charge in [0.1, 0.15) is 0 Å². The number of hydrazine groups is 1. The van der Waals surface area contributed by atoms with E-state index in [1.54, 1.807) is 18.2 Å². The van der Waals surface area contributed by atoms with Crippen molar-refractivity contribution >= 4 is 11.8 Å². The van der Waals surface area contributed by atoms with Crippen molar-refractivity contribution in [3.8, 4) is 11.5 Å². The van der Waals surface area contributed by atoms with Crippen LogP contribution in [-0.2, 0) is 4.79 Å². The van der Waals surface area contributed by atoms with Gasteiger partial charge in [0, 0.05) is 5.56 Å². The highest BCUT2D eigenvalue weighted by molar-refractivity contribution is 5.96. The molecule has 0 heterocycles. The first kappa shape index (κ1) is 18.3. The highest BCUT2D eigenvalue weighted by Crippen LogP contribution is 2.27. The molecular formula is C19H22N2O4. The number of carbonyl (C=O) groups is 2. The molecule has 0 aliphatic heterocycles. The summed E-state index contributed by atoms with van der Waals surface area (Å²) in [7, 11) is 3.01. The maximum Gasteiger partial charge on any atom is 0.269 e. The Balaban J connectivity index is 2.02. The zero-order chi connectivity index (χ0) is 18.2. The molecule has 1 unspecified atom stereocenters. The summed E-state index contributed by atoms with van der Waals surface area (Å²) in [5, 5.41) is 0. The first-order chi connectivity index (χ1) is 12.1. The fourth-order valence-corrected chi connectivity index (χ4v) is 2.51. The smallest absolute Gasteiger partial charge is 0.269 e. The fraction of sp³-hybridized carbons (Fsp3) is 0.263. The van der Waals surface area contributed by atoms with Crippen molar-refractivity contribution in [2.75, 3.05) is 14.2 Å². The second kappa shape index (κ2) is 8.73. The third kappa shape index (κ3) is 4.50. The van der Waals surface area contributed by atoms with Crippen LogP contribution in [0.5, 0.6) is 11.5 Å². The number of hydrogen-bond donors (Lipinski definition) is 2. The monoisotopic (exact) mass is 342 g/mol. The van der Waals surface area contributed by atoms with Gasteiger partial charge in [-0.25, -0.2) is 0 Å². The van der Waals surface area contributed by atoms with Crippen LogP contribution in [0.15, 0.2) is 48.5 Å². The second-order valence-electron chi connectivity index (χ2n) is 5.38. The first-order valence-corrected chi connectivity index (χ1v) is 7.97. The van der Waals surface area contributed by atoms with Crippen LogP contribution in [0.2, 0.25) is 0 Å². The summed E-state index contributed by atoms with van der Waals surface area (Å²) < 4.78 is 10.3. The van der Waals surface area contributed by atoms with Gasteiger partial charge in [0.05, 0.1) is 20.1 Å². The van der Waals surface area contributed by atoms with Crippen LogP contribution in [0.3, 0.4) is 0 Å². The largest absolute Gasteiger partial charge is 0.493 e. The van der Waals surface area contributed by atoms with Crippen molar-refractivity contribution in [2.24, 2.45) is 0 Å². The van der Waals surface area contributed by atoms with Crippen LogP contribution in [0.25, 0.3) is 0 Å². The molecule has 0 bridgehead atoms. The molecule has 2 aromatic carbocycles. The molecule has 2 aromatic rings. The average Bonchev–Trinajstić information content (AvgIpc) is 2.66. The van der Waals surface area contributed by atoms with E-state index in [1.807, 2.05) is 37.3 Å². The standard InChI is InChI=1S/C19H22N2O4/c1-4-15(13-8-6-5-7-9-13)19(23)21-20-18(22)14-10-11-16(24-2)17(12-14)25-3/h5-12,15H,4H2,1-3H3,(H,20,22)(H,21,23). The molecule has 0 aromatic heterocycles. The number of rotatable bonds is 6. The lowest BCUT2D eigenvalue weighted by molar-refractivity contribution is -0.123. The Bertz CT molecular complexity index is 731. The maximum atomic E-state index is 12.4. The molecule has 1 atom stereocenters. The normalized spacial score (nSPS) is 11.3.